The monoisotopic (exact) mass is 298 g/mol. The molecule has 0 aliphatic heterocycles. The molecule has 100 valence electrons. The molecule has 0 saturated heterocycles. The van der Waals surface area contributed by atoms with Gasteiger partial charge in [0.05, 0.1) is 18.5 Å². The van der Waals surface area contributed by atoms with E-state index in [1.54, 1.807) is 13.8 Å². The normalized spacial score (nSPS) is 10.3. The summed E-state index contributed by atoms with van der Waals surface area (Å²) in [4.78, 5) is 28.3. The van der Waals surface area contributed by atoms with Gasteiger partial charge in [-0.05, 0) is 25.4 Å². The fourth-order valence-corrected chi connectivity index (χ4v) is 2.76. The van der Waals surface area contributed by atoms with Crippen LogP contribution in [0, 0.1) is 13.8 Å². The maximum atomic E-state index is 11.9. The average Bonchev–Trinajstić information content (AvgIpc) is 2.94. The van der Waals surface area contributed by atoms with Gasteiger partial charge >= 0.3 is 5.97 Å². The average molecular weight is 298 g/mol. The van der Waals surface area contributed by atoms with Gasteiger partial charge in [-0.2, -0.15) is 0 Å². The van der Waals surface area contributed by atoms with Crippen molar-refractivity contribution in [2.75, 3.05) is 12.4 Å². The van der Waals surface area contributed by atoms with Gasteiger partial charge in [-0.25, -0.2) is 9.78 Å². The number of carbonyl (C=O) groups excluding carboxylic acids is 2. The van der Waals surface area contributed by atoms with Crippen molar-refractivity contribution in [1.29, 1.82) is 0 Å². The first-order valence-electron chi connectivity index (χ1n) is 5.19. The number of carbonyl (C=O) groups is 2. The van der Waals surface area contributed by atoms with Gasteiger partial charge in [0, 0.05) is 0 Å². The Labute approximate surface area is 116 Å². The maximum absolute atomic E-state index is 11.9. The standard InChI is InChI=1S/C10H10N4O3S2/c1-4-7(9(16)17-3)18-10(11-4)12-8(15)6-5(2)13-14-19-6/h1-3H3,(H,11,12,15). The largest absolute Gasteiger partial charge is 0.465 e. The van der Waals surface area contributed by atoms with Crippen LogP contribution in [0.4, 0.5) is 5.13 Å². The van der Waals surface area contributed by atoms with E-state index in [2.05, 4.69) is 24.6 Å². The fraction of sp³-hybridized carbons (Fsp3) is 0.300. The zero-order valence-corrected chi connectivity index (χ0v) is 12.0. The van der Waals surface area contributed by atoms with Crippen LogP contribution in [0.5, 0.6) is 0 Å². The molecule has 0 spiro atoms. The predicted molar refractivity (Wildman–Crippen MR) is 70.8 cm³/mol. The van der Waals surface area contributed by atoms with E-state index in [-0.39, 0.29) is 5.91 Å². The van der Waals surface area contributed by atoms with Crippen molar-refractivity contribution >= 4 is 39.9 Å². The quantitative estimate of drug-likeness (QED) is 0.866. The molecule has 0 aliphatic carbocycles. The smallest absolute Gasteiger partial charge is 0.350 e. The summed E-state index contributed by atoms with van der Waals surface area (Å²) in [5, 5.41) is 6.72. The number of nitrogens with zero attached hydrogens (tertiary/aromatic N) is 3. The first-order chi connectivity index (χ1) is 9.02. The van der Waals surface area contributed by atoms with Crippen LogP contribution in [0.1, 0.15) is 30.7 Å². The van der Waals surface area contributed by atoms with E-state index in [4.69, 9.17) is 0 Å². The second-order valence-electron chi connectivity index (χ2n) is 3.57. The molecule has 1 N–H and O–H groups in total. The van der Waals surface area contributed by atoms with Crippen molar-refractivity contribution in [3.05, 3.63) is 21.1 Å². The molecule has 19 heavy (non-hydrogen) atoms. The molecule has 0 aromatic carbocycles. The summed E-state index contributed by atoms with van der Waals surface area (Å²) < 4.78 is 8.32. The van der Waals surface area contributed by atoms with Crippen LogP contribution < -0.4 is 5.32 Å². The summed E-state index contributed by atoms with van der Waals surface area (Å²) in [5.41, 5.74) is 1.08. The van der Waals surface area contributed by atoms with Crippen LogP contribution in [0.3, 0.4) is 0 Å². The molecule has 2 aromatic heterocycles. The minimum Gasteiger partial charge on any atom is -0.465 e. The first kappa shape index (κ1) is 13.6. The predicted octanol–water partition coefficient (Wildman–Crippen LogP) is 1.65. The highest BCUT2D eigenvalue weighted by Crippen LogP contribution is 2.24. The number of anilines is 1. The van der Waals surface area contributed by atoms with Gasteiger partial charge in [-0.15, -0.1) is 5.10 Å². The summed E-state index contributed by atoms with van der Waals surface area (Å²) in [5.74, 6) is -0.802. The van der Waals surface area contributed by atoms with Crippen molar-refractivity contribution in [1.82, 2.24) is 14.6 Å². The Balaban J connectivity index is 2.19. The third kappa shape index (κ3) is 2.76. The zero-order valence-electron chi connectivity index (χ0n) is 10.4. The van der Waals surface area contributed by atoms with E-state index in [1.807, 2.05) is 0 Å². The maximum Gasteiger partial charge on any atom is 0.350 e. The Bertz CT molecular complexity index is 635. The van der Waals surface area contributed by atoms with Crippen LogP contribution in [0.15, 0.2) is 0 Å². The van der Waals surface area contributed by atoms with Gasteiger partial charge < -0.3 is 4.74 Å². The Morgan fingerprint density at radius 3 is 2.53 bits per heavy atom. The van der Waals surface area contributed by atoms with Crippen molar-refractivity contribution < 1.29 is 14.3 Å². The van der Waals surface area contributed by atoms with Crippen molar-refractivity contribution in [2.24, 2.45) is 0 Å². The van der Waals surface area contributed by atoms with Crippen LogP contribution in [-0.4, -0.2) is 33.6 Å². The van der Waals surface area contributed by atoms with Gasteiger partial charge in [0.15, 0.2) is 5.13 Å². The van der Waals surface area contributed by atoms with Crippen LogP contribution in [0.25, 0.3) is 0 Å². The van der Waals surface area contributed by atoms with E-state index in [9.17, 15) is 9.59 Å². The van der Waals surface area contributed by atoms with Crippen molar-refractivity contribution in [3.63, 3.8) is 0 Å². The summed E-state index contributed by atoms with van der Waals surface area (Å²) in [6.07, 6.45) is 0. The third-order valence-electron chi connectivity index (χ3n) is 2.25. The lowest BCUT2D eigenvalue weighted by Crippen LogP contribution is -2.11. The first-order valence-corrected chi connectivity index (χ1v) is 6.78. The summed E-state index contributed by atoms with van der Waals surface area (Å²) in [7, 11) is 1.30. The fourth-order valence-electron chi connectivity index (χ4n) is 1.33. The van der Waals surface area contributed by atoms with E-state index >= 15 is 0 Å². The van der Waals surface area contributed by atoms with Gasteiger partial charge in [-0.1, -0.05) is 15.8 Å². The number of rotatable bonds is 3. The highest BCUT2D eigenvalue weighted by molar-refractivity contribution is 7.17. The Kier molecular flexibility index (Phi) is 3.86. The molecule has 2 rings (SSSR count). The number of hydrogen-bond donors (Lipinski definition) is 1. The second-order valence-corrected chi connectivity index (χ2v) is 5.32. The number of methoxy groups -OCH3 is 1. The molecule has 7 nitrogen and oxygen atoms in total. The number of esters is 1. The van der Waals surface area contributed by atoms with E-state index < -0.39 is 5.97 Å². The van der Waals surface area contributed by atoms with E-state index in [0.29, 0.717) is 26.3 Å². The minimum absolute atomic E-state index is 0.335. The number of amides is 1. The highest BCUT2D eigenvalue weighted by Gasteiger charge is 2.19. The highest BCUT2D eigenvalue weighted by atomic mass is 32.1. The van der Waals surface area contributed by atoms with Gasteiger partial charge in [0.1, 0.15) is 9.75 Å². The van der Waals surface area contributed by atoms with E-state index in [0.717, 1.165) is 22.9 Å². The van der Waals surface area contributed by atoms with Crippen LogP contribution in [-0.2, 0) is 4.74 Å². The molecule has 0 radical (unpaired) electrons. The summed E-state index contributed by atoms with van der Waals surface area (Å²) in [6.45, 7) is 3.38. The van der Waals surface area contributed by atoms with Gasteiger partial charge in [-0.3, -0.25) is 10.1 Å². The Morgan fingerprint density at radius 1 is 1.21 bits per heavy atom. The summed E-state index contributed by atoms with van der Waals surface area (Å²) in [6, 6.07) is 0. The lowest BCUT2D eigenvalue weighted by Gasteiger charge is -1.97. The number of aryl methyl sites for hydroxylation is 2. The minimum atomic E-state index is -0.467. The Morgan fingerprint density at radius 2 is 1.95 bits per heavy atom. The molecule has 0 saturated carbocycles. The van der Waals surface area contributed by atoms with E-state index in [1.165, 1.54) is 7.11 Å². The molecular weight excluding hydrogens is 288 g/mol. The van der Waals surface area contributed by atoms with Crippen LogP contribution >= 0.6 is 22.9 Å². The molecule has 0 unspecified atom stereocenters. The molecule has 0 atom stereocenters. The lowest BCUT2D eigenvalue weighted by atomic mass is 10.4. The lowest BCUT2D eigenvalue weighted by molar-refractivity contribution is 0.0605. The number of ether oxygens (including phenoxy) is 1. The SMILES string of the molecule is COC(=O)c1sc(NC(=O)c2snnc2C)nc1C. The third-order valence-corrected chi connectivity index (χ3v) is 4.13. The molecule has 2 heterocycles. The molecule has 1 amide bonds. The van der Waals surface area contributed by atoms with Crippen molar-refractivity contribution in [2.45, 2.75) is 13.8 Å². The zero-order chi connectivity index (χ0) is 14.0. The number of nitrogens with one attached hydrogen (secondary N) is 1. The molecule has 0 fully saturated rings. The van der Waals surface area contributed by atoms with Gasteiger partial charge in [0.2, 0.25) is 0 Å². The van der Waals surface area contributed by atoms with Crippen LogP contribution in [0.2, 0.25) is 0 Å². The van der Waals surface area contributed by atoms with Crippen molar-refractivity contribution in [3.8, 4) is 0 Å². The summed E-state index contributed by atoms with van der Waals surface area (Å²) >= 11 is 2.08. The number of aromatic nitrogens is 3. The molecule has 0 bridgehead atoms. The second kappa shape index (κ2) is 5.41. The molecule has 2 aromatic rings. The molecular formula is C10H10N4O3S2. The molecule has 9 heteroatoms. The molecule has 0 aliphatic rings. The Hall–Kier alpha value is -1.87. The number of thiazole rings is 1. The van der Waals surface area contributed by atoms with Gasteiger partial charge in [0.25, 0.3) is 5.91 Å². The topological polar surface area (TPSA) is 94.1 Å². The number of hydrogen-bond acceptors (Lipinski definition) is 8.